The van der Waals surface area contributed by atoms with Crippen LogP contribution in [0.4, 0.5) is 4.39 Å². The van der Waals surface area contributed by atoms with Crippen molar-refractivity contribution in [2.75, 3.05) is 7.11 Å². The molecule has 0 saturated heterocycles. The predicted molar refractivity (Wildman–Crippen MR) is 84.9 cm³/mol. The lowest BCUT2D eigenvalue weighted by atomic mass is 10.0. The van der Waals surface area contributed by atoms with Gasteiger partial charge in [-0.05, 0) is 37.4 Å². The maximum absolute atomic E-state index is 13.8. The summed E-state index contributed by atoms with van der Waals surface area (Å²) in [5.41, 5.74) is 1.69. The number of imidazole rings is 1. The smallest absolute Gasteiger partial charge is 0.178 e. The maximum Gasteiger partial charge on any atom is 0.178 e. The minimum absolute atomic E-state index is 0.271. The van der Waals surface area contributed by atoms with Gasteiger partial charge in [-0.15, -0.1) is 0 Å². The van der Waals surface area contributed by atoms with E-state index < -0.39 is 0 Å². The van der Waals surface area contributed by atoms with E-state index in [-0.39, 0.29) is 11.6 Å². The zero-order valence-electron chi connectivity index (χ0n) is 12.5. The number of benzene rings is 1. The molecule has 114 valence electrons. The predicted octanol–water partition coefficient (Wildman–Crippen LogP) is 4.99. The molecule has 0 bridgehead atoms. The van der Waals surface area contributed by atoms with E-state index in [1.54, 1.807) is 6.07 Å². The number of nitrogens with zero attached hydrogens (tertiary/aromatic N) is 1. The van der Waals surface area contributed by atoms with Crippen LogP contribution in [-0.2, 0) is 0 Å². The summed E-state index contributed by atoms with van der Waals surface area (Å²) >= 11 is 5.47. The lowest BCUT2D eigenvalue weighted by Crippen LogP contribution is -2.08. The van der Waals surface area contributed by atoms with Gasteiger partial charge in [0.15, 0.2) is 16.3 Å². The number of fused-ring (bicyclic) bond motifs is 1. The highest BCUT2D eigenvalue weighted by molar-refractivity contribution is 7.71. The highest BCUT2D eigenvalue weighted by Crippen LogP contribution is 2.34. The van der Waals surface area contributed by atoms with Gasteiger partial charge in [0.05, 0.1) is 18.1 Å². The number of H-pyrrole nitrogens is 1. The van der Waals surface area contributed by atoms with E-state index in [1.807, 2.05) is 0 Å². The molecule has 2 atom stereocenters. The third-order valence-electron chi connectivity index (χ3n) is 4.58. The number of ether oxygens (including phenoxy) is 1. The molecule has 3 rings (SSSR count). The summed E-state index contributed by atoms with van der Waals surface area (Å²) in [4.78, 5) is 3.13. The number of aromatic nitrogens is 2. The molecule has 1 aromatic heterocycles. The molecule has 0 spiro atoms. The molecule has 2 aromatic rings. The van der Waals surface area contributed by atoms with Crippen molar-refractivity contribution in [1.82, 2.24) is 9.55 Å². The van der Waals surface area contributed by atoms with Gasteiger partial charge in [0.2, 0.25) is 0 Å². The SMILES string of the molecule is COc1cc2c(cc1F)[nH]c(=S)n2C1CCCC(C)CC1. The Morgan fingerprint density at radius 2 is 2.10 bits per heavy atom. The molecule has 1 aliphatic rings. The van der Waals surface area contributed by atoms with Gasteiger partial charge in [-0.3, -0.25) is 0 Å². The highest BCUT2D eigenvalue weighted by atomic mass is 32.1. The van der Waals surface area contributed by atoms with Crippen LogP contribution in [0.15, 0.2) is 12.1 Å². The minimum atomic E-state index is -0.358. The van der Waals surface area contributed by atoms with Crippen molar-refractivity contribution < 1.29 is 9.13 Å². The number of aromatic amines is 1. The van der Waals surface area contributed by atoms with Crippen molar-refractivity contribution in [3.05, 3.63) is 22.7 Å². The summed E-state index contributed by atoms with van der Waals surface area (Å²) in [6.07, 6.45) is 5.98. The van der Waals surface area contributed by atoms with E-state index >= 15 is 0 Å². The Morgan fingerprint density at radius 1 is 1.29 bits per heavy atom. The highest BCUT2D eigenvalue weighted by Gasteiger charge is 2.21. The molecular formula is C16H21FN2OS. The van der Waals surface area contributed by atoms with Crippen molar-refractivity contribution in [2.45, 2.75) is 45.1 Å². The van der Waals surface area contributed by atoms with Crippen molar-refractivity contribution in [3.8, 4) is 5.75 Å². The maximum atomic E-state index is 13.8. The normalized spacial score (nSPS) is 23.2. The second-order valence-electron chi connectivity index (χ2n) is 6.07. The van der Waals surface area contributed by atoms with Gasteiger partial charge >= 0.3 is 0 Å². The molecule has 1 N–H and O–H groups in total. The van der Waals surface area contributed by atoms with Gasteiger partial charge < -0.3 is 14.3 Å². The standard InChI is InChI=1S/C16H21FN2OS/c1-10-4-3-5-11(7-6-10)19-14-9-15(20-2)12(17)8-13(14)18-16(19)21/h8-11H,3-7H2,1-2H3,(H,18,21). The average Bonchev–Trinajstić information content (AvgIpc) is 2.61. The first-order valence-electron chi connectivity index (χ1n) is 7.58. The Hall–Kier alpha value is -1.36. The minimum Gasteiger partial charge on any atom is -0.494 e. The first-order chi connectivity index (χ1) is 10.1. The Balaban J connectivity index is 2.08. The average molecular weight is 308 g/mol. The molecule has 1 fully saturated rings. The fraction of sp³-hybridized carbons (Fsp3) is 0.562. The molecule has 1 heterocycles. The zero-order chi connectivity index (χ0) is 15.0. The first-order valence-corrected chi connectivity index (χ1v) is 7.98. The molecule has 0 aliphatic heterocycles. The van der Waals surface area contributed by atoms with E-state index in [0.717, 1.165) is 29.8 Å². The van der Waals surface area contributed by atoms with E-state index in [4.69, 9.17) is 17.0 Å². The van der Waals surface area contributed by atoms with E-state index in [9.17, 15) is 4.39 Å². The lowest BCUT2D eigenvalue weighted by Gasteiger charge is -2.17. The molecular weight excluding hydrogens is 287 g/mol. The number of methoxy groups -OCH3 is 1. The van der Waals surface area contributed by atoms with Crippen LogP contribution in [0.2, 0.25) is 0 Å². The fourth-order valence-corrected chi connectivity index (χ4v) is 3.73. The zero-order valence-corrected chi connectivity index (χ0v) is 13.3. The van der Waals surface area contributed by atoms with Crippen molar-refractivity contribution >= 4 is 23.3 Å². The largest absolute Gasteiger partial charge is 0.494 e. The van der Waals surface area contributed by atoms with Crippen LogP contribution in [-0.4, -0.2) is 16.7 Å². The van der Waals surface area contributed by atoms with E-state index in [2.05, 4.69) is 16.5 Å². The molecule has 0 amide bonds. The molecule has 1 saturated carbocycles. The summed E-state index contributed by atoms with van der Waals surface area (Å²) in [7, 11) is 1.49. The van der Waals surface area contributed by atoms with Gasteiger partial charge in [-0.1, -0.05) is 19.8 Å². The van der Waals surface area contributed by atoms with Gasteiger partial charge in [0.1, 0.15) is 0 Å². The molecule has 1 aliphatic carbocycles. The number of nitrogens with one attached hydrogen (secondary N) is 1. The summed E-state index contributed by atoms with van der Waals surface area (Å²) in [5.74, 6) is 0.691. The Bertz CT molecular complexity index is 706. The Morgan fingerprint density at radius 3 is 2.86 bits per heavy atom. The second-order valence-corrected chi connectivity index (χ2v) is 6.46. The van der Waals surface area contributed by atoms with Crippen molar-refractivity contribution in [1.29, 1.82) is 0 Å². The lowest BCUT2D eigenvalue weighted by molar-refractivity contribution is 0.386. The molecule has 5 heteroatoms. The van der Waals surface area contributed by atoms with Gasteiger partial charge in [-0.2, -0.15) is 0 Å². The van der Waals surface area contributed by atoms with Crippen LogP contribution in [0.25, 0.3) is 11.0 Å². The Labute approximate surface area is 129 Å². The topological polar surface area (TPSA) is 29.9 Å². The van der Waals surface area contributed by atoms with Crippen LogP contribution in [0.5, 0.6) is 5.75 Å². The van der Waals surface area contributed by atoms with Crippen LogP contribution in [0.3, 0.4) is 0 Å². The van der Waals surface area contributed by atoms with Crippen molar-refractivity contribution in [3.63, 3.8) is 0 Å². The molecule has 1 aromatic carbocycles. The summed E-state index contributed by atoms with van der Waals surface area (Å²) in [5, 5.41) is 0. The molecule has 2 unspecified atom stereocenters. The van der Waals surface area contributed by atoms with E-state index in [0.29, 0.717) is 10.8 Å². The summed E-state index contributed by atoms with van der Waals surface area (Å²) < 4.78 is 21.8. The van der Waals surface area contributed by atoms with E-state index in [1.165, 1.54) is 32.4 Å². The van der Waals surface area contributed by atoms with Crippen molar-refractivity contribution in [2.24, 2.45) is 5.92 Å². The van der Waals surface area contributed by atoms with Gasteiger partial charge in [0, 0.05) is 18.2 Å². The van der Waals surface area contributed by atoms with Crippen LogP contribution >= 0.6 is 12.2 Å². The molecule has 0 radical (unpaired) electrons. The third-order valence-corrected chi connectivity index (χ3v) is 4.88. The monoisotopic (exact) mass is 308 g/mol. The number of hydrogen-bond donors (Lipinski definition) is 1. The third kappa shape index (κ3) is 2.71. The first kappa shape index (κ1) is 14.6. The van der Waals surface area contributed by atoms with Crippen LogP contribution in [0.1, 0.15) is 45.1 Å². The Kier molecular flexibility index (Phi) is 4.02. The second kappa shape index (κ2) is 5.79. The van der Waals surface area contributed by atoms with Gasteiger partial charge in [0.25, 0.3) is 0 Å². The molecule has 3 nitrogen and oxygen atoms in total. The van der Waals surface area contributed by atoms with Crippen LogP contribution < -0.4 is 4.74 Å². The number of halogens is 1. The molecule has 21 heavy (non-hydrogen) atoms. The fourth-order valence-electron chi connectivity index (χ4n) is 3.37. The number of hydrogen-bond acceptors (Lipinski definition) is 2. The van der Waals surface area contributed by atoms with Crippen LogP contribution in [0, 0.1) is 16.5 Å². The summed E-state index contributed by atoms with van der Waals surface area (Å²) in [6, 6.07) is 3.62. The van der Waals surface area contributed by atoms with Gasteiger partial charge in [-0.25, -0.2) is 4.39 Å². The quantitative estimate of drug-likeness (QED) is 0.626. The number of rotatable bonds is 2. The summed E-state index contributed by atoms with van der Waals surface area (Å²) in [6.45, 7) is 2.31.